The number of Topliss-reactive ketones (excluding diaryl/α,β-unsaturated/α-hetero) is 1. The summed E-state index contributed by atoms with van der Waals surface area (Å²) in [6.45, 7) is 0.667. The van der Waals surface area contributed by atoms with E-state index in [2.05, 4.69) is 10.6 Å². The van der Waals surface area contributed by atoms with Crippen LogP contribution in [-0.2, 0) is 20.4 Å². The van der Waals surface area contributed by atoms with Gasteiger partial charge in [0.1, 0.15) is 11.1 Å². The fraction of sp³-hybridized carbons (Fsp3) is 0.393. The Kier molecular flexibility index (Phi) is 7.15. The quantitative estimate of drug-likeness (QED) is 0.514. The highest BCUT2D eigenvalue weighted by atomic mass is 32.2. The maximum absolute atomic E-state index is 13.6. The number of nitrogens with one attached hydrogen (secondary N) is 2. The maximum Gasteiger partial charge on any atom is 0.287 e. The van der Waals surface area contributed by atoms with Crippen molar-refractivity contribution in [1.82, 2.24) is 10.6 Å². The number of hydrogen-bond donors (Lipinski definition) is 2. The molecule has 5 rings (SSSR count). The Labute approximate surface area is 218 Å². The first kappa shape index (κ1) is 25.2. The summed E-state index contributed by atoms with van der Waals surface area (Å²) in [6, 6.07) is 15.8. The first-order chi connectivity index (χ1) is 17.9. The van der Waals surface area contributed by atoms with Crippen LogP contribution in [0.4, 0.5) is 5.69 Å². The van der Waals surface area contributed by atoms with Gasteiger partial charge in [0.05, 0.1) is 34.0 Å². The average molecular weight is 522 g/mol. The number of hydrogen-bond acceptors (Lipinski definition) is 6. The molecule has 37 heavy (non-hydrogen) atoms. The lowest BCUT2D eigenvalue weighted by Gasteiger charge is -2.39. The Morgan fingerprint density at radius 2 is 1.78 bits per heavy atom. The summed E-state index contributed by atoms with van der Waals surface area (Å²) >= 11 is 0. The third-order valence-electron chi connectivity index (χ3n) is 7.39. The fourth-order valence-electron chi connectivity index (χ4n) is 5.38. The number of carbonyl (C=O) groups is 3. The summed E-state index contributed by atoms with van der Waals surface area (Å²) in [5.74, 6) is -0.696. The monoisotopic (exact) mass is 521 g/mol. The molecule has 2 atom stereocenters. The van der Waals surface area contributed by atoms with E-state index in [0.717, 1.165) is 30.3 Å². The Bertz CT molecular complexity index is 1330. The van der Waals surface area contributed by atoms with Crippen LogP contribution in [-0.4, -0.2) is 52.7 Å². The molecule has 1 aliphatic carbocycles. The molecule has 2 heterocycles. The van der Waals surface area contributed by atoms with Crippen molar-refractivity contribution in [1.29, 1.82) is 0 Å². The van der Waals surface area contributed by atoms with Gasteiger partial charge in [-0.2, -0.15) is 0 Å². The lowest BCUT2D eigenvalue weighted by Crippen LogP contribution is -2.63. The molecule has 1 saturated carbocycles. The zero-order valence-corrected chi connectivity index (χ0v) is 21.6. The predicted molar refractivity (Wildman–Crippen MR) is 142 cm³/mol. The highest BCUT2D eigenvalue weighted by molar-refractivity contribution is 7.84. The minimum absolute atomic E-state index is 0.106. The van der Waals surface area contributed by atoms with Crippen LogP contribution in [0.5, 0.6) is 0 Å². The van der Waals surface area contributed by atoms with Crippen molar-refractivity contribution >= 4 is 45.1 Å². The summed E-state index contributed by atoms with van der Waals surface area (Å²) in [6.07, 6.45) is 5.68. The lowest BCUT2D eigenvalue weighted by atomic mass is 9.80. The van der Waals surface area contributed by atoms with E-state index in [1.54, 1.807) is 24.5 Å². The van der Waals surface area contributed by atoms with Crippen LogP contribution < -0.4 is 15.5 Å². The van der Waals surface area contributed by atoms with E-state index >= 15 is 0 Å². The number of amides is 2. The molecule has 2 amide bonds. The standard InChI is InChI=1S/C28H31N3O5S/c1-37(35)25-12-6-4-10-21(25)31-16-13-20(22(32)18-31)29-27(34)28(14-7-2-8-15-28)30-26(33)24-17-19-9-3-5-11-23(19)36-24/h3-6,9-12,17,20H,2,7-8,13-16,18H2,1H3,(H,29,34)(H,30,33). The molecule has 3 aromatic rings. The third kappa shape index (κ3) is 5.18. The minimum Gasteiger partial charge on any atom is -0.451 e. The van der Waals surface area contributed by atoms with Gasteiger partial charge >= 0.3 is 0 Å². The molecule has 194 valence electrons. The van der Waals surface area contributed by atoms with Crippen molar-refractivity contribution in [2.75, 3.05) is 24.2 Å². The Morgan fingerprint density at radius 3 is 2.51 bits per heavy atom. The van der Waals surface area contributed by atoms with Crippen molar-refractivity contribution in [3.8, 4) is 0 Å². The van der Waals surface area contributed by atoms with Gasteiger partial charge in [-0.05, 0) is 43.5 Å². The van der Waals surface area contributed by atoms with Gasteiger partial charge < -0.3 is 20.0 Å². The van der Waals surface area contributed by atoms with E-state index < -0.39 is 28.3 Å². The lowest BCUT2D eigenvalue weighted by molar-refractivity contribution is -0.133. The van der Waals surface area contributed by atoms with Gasteiger partial charge in [0, 0.05) is 18.2 Å². The van der Waals surface area contributed by atoms with Crippen LogP contribution in [0.25, 0.3) is 11.0 Å². The van der Waals surface area contributed by atoms with Crippen LogP contribution in [0.15, 0.2) is 63.9 Å². The molecule has 1 aliphatic heterocycles. The summed E-state index contributed by atoms with van der Waals surface area (Å²) in [7, 11) is -1.18. The van der Waals surface area contributed by atoms with Crippen LogP contribution in [0.2, 0.25) is 0 Å². The number of para-hydroxylation sites is 2. The summed E-state index contributed by atoms with van der Waals surface area (Å²) < 4.78 is 17.9. The summed E-state index contributed by atoms with van der Waals surface area (Å²) in [4.78, 5) is 42.5. The Balaban J connectivity index is 1.29. The van der Waals surface area contributed by atoms with E-state index in [1.165, 1.54) is 0 Å². The molecule has 1 aromatic heterocycles. The van der Waals surface area contributed by atoms with E-state index in [4.69, 9.17) is 4.42 Å². The van der Waals surface area contributed by atoms with Crippen molar-refractivity contribution in [2.24, 2.45) is 0 Å². The molecular weight excluding hydrogens is 490 g/mol. The number of rotatable bonds is 6. The second-order valence-electron chi connectivity index (χ2n) is 9.87. The number of piperidine rings is 1. The zero-order valence-electron chi connectivity index (χ0n) is 20.8. The number of benzene rings is 2. The Hall–Kier alpha value is -3.46. The maximum atomic E-state index is 13.6. The second kappa shape index (κ2) is 10.5. The normalized spacial score (nSPS) is 20.4. The number of carbonyl (C=O) groups excluding carboxylic acids is 3. The van der Waals surface area contributed by atoms with Gasteiger partial charge in [-0.15, -0.1) is 0 Å². The number of anilines is 1. The molecule has 8 nitrogen and oxygen atoms in total. The van der Waals surface area contributed by atoms with Gasteiger partial charge in [-0.25, -0.2) is 0 Å². The molecule has 2 unspecified atom stereocenters. The first-order valence-electron chi connectivity index (χ1n) is 12.7. The first-order valence-corrected chi connectivity index (χ1v) is 14.2. The molecule has 2 N–H and O–H groups in total. The average Bonchev–Trinajstić information content (AvgIpc) is 3.35. The second-order valence-corrected chi connectivity index (χ2v) is 11.2. The number of fused-ring (bicyclic) bond motifs is 1. The van der Waals surface area contributed by atoms with Gasteiger partial charge in [0.25, 0.3) is 5.91 Å². The summed E-state index contributed by atoms with van der Waals surface area (Å²) in [5.41, 5.74) is 0.307. The third-order valence-corrected chi connectivity index (χ3v) is 8.35. The molecule has 0 bridgehead atoms. The highest BCUT2D eigenvalue weighted by Gasteiger charge is 2.43. The zero-order chi connectivity index (χ0) is 26.0. The minimum atomic E-state index is -1.18. The smallest absolute Gasteiger partial charge is 0.287 e. The fourth-order valence-corrected chi connectivity index (χ4v) is 6.14. The molecule has 0 radical (unpaired) electrons. The highest BCUT2D eigenvalue weighted by Crippen LogP contribution is 2.31. The molecule has 2 aromatic carbocycles. The van der Waals surface area contributed by atoms with Crippen molar-refractivity contribution in [3.05, 3.63) is 60.4 Å². The van der Waals surface area contributed by atoms with Crippen molar-refractivity contribution in [3.63, 3.8) is 0 Å². The van der Waals surface area contributed by atoms with Gasteiger partial charge in [0.15, 0.2) is 11.5 Å². The van der Waals surface area contributed by atoms with Gasteiger partial charge in [0.2, 0.25) is 5.91 Å². The van der Waals surface area contributed by atoms with Gasteiger partial charge in [-0.1, -0.05) is 49.6 Å². The SMILES string of the molecule is CS(=O)c1ccccc1N1CCC(NC(=O)C2(NC(=O)c3cc4ccccc4o3)CCCCC2)C(=O)C1. The number of nitrogens with zero attached hydrogens (tertiary/aromatic N) is 1. The van der Waals surface area contributed by atoms with E-state index in [-0.39, 0.29) is 24.0 Å². The molecule has 9 heteroatoms. The molecule has 2 fully saturated rings. The van der Waals surface area contributed by atoms with Crippen molar-refractivity contribution < 1.29 is 23.0 Å². The topological polar surface area (TPSA) is 109 Å². The Morgan fingerprint density at radius 1 is 1.05 bits per heavy atom. The molecule has 1 saturated heterocycles. The molecular formula is C28H31N3O5S. The van der Waals surface area contributed by atoms with Crippen LogP contribution in [0, 0.1) is 0 Å². The van der Waals surface area contributed by atoms with Crippen molar-refractivity contribution in [2.45, 2.75) is 55.0 Å². The number of furan rings is 1. The van der Waals surface area contributed by atoms with Gasteiger partial charge in [-0.3, -0.25) is 18.6 Å². The predicted octanol–water partition coefficient (Wildman–Crippen LogP) is 3.57. The van der Waals surface area contributed by atoms with Crippen LogP contribution in [0.3, 0.4) is 0 Å². The van der Waals surface area contributed by atoms with E-state index in [9.17, 15) is 18.6 Å². The summed E-state index contributed by atoms with van der Waals surface area (Å²) in [5, 5.41) is 6.74. The van der Waals surface area contributed by atoms with Crippen LogP contribution in [0.1, 0.15) is 49.1 Å². The van der Waals surface area contributed by atoms with E-state index in [0.29, 0.717) is 36.3 Å². The largest absolute Gasteiger partial charge is 0.451 e. The van der Waals surface area contributed by atoms with E-state index in [1.807, 2.05) is 41.3 Å². The molecule has 0 spiro atoms. The number of ketones is 1. The van der Waals surface area contributed by atoms with Crippen LogP contribution >= 0.6 is 0 Å². The molecule has 2 aliphatic rings.